The van der Waals surface area contributed by atoms with Gasteiger partial charge in [0.2, 0.25) is 11.8 Å². The number of nitrogens with two attached hydrogens (primary N) is 1. The molecule has 0 bridgehead atoms. The summed E-state index contributed by atoms with van der Waals surface area (Å²) in [4.78, 5) is 53.7. The minimum atomic E-state index is -1.21. The Bertz CT molecular complexity index is 1460. The van der Waals surface area contributed by atoms with Crippen molar-refractivity contribution in [1.82, 2.24) is 20.9 Å². The SMILES string of the molecule is CC(C)C[C@H](NC(=O)N(CCc1ccccc1)C[C@@H](O)[C@H](Cc1ccccc1)NC(=O)OCc1ccccc1)C(=O)N[C@H](C(N)=O)C(C)C. The highest BCUT2D eigenvalue weighted by Gasteiger charge is 2.31. The average molecular weight is 674 g/mol. The zero-order chi connectivity index (χ0) is 35.8. The topological polar surface area (TPSA) is 163 Å². The van der Waals surface area contributed by atoms with Crippen LogP contribution in [0.25, 0.3) is 0 Å². The fraction of sp³-hybridized carbons (Fsp3) is 0.421. The van der Waals surface area contributed by atoms with Crippen LogP contribution in [0.2, 0.25) is 0 Å². The van der Waals surface area contributed by atoms with Crippen molar-refractivity contribution < 1.29 is 29.0 Å². The predicted octanol–water partition coefficient (Wildman–Crippen LogP) is 4.18. The average Bonchev–Trinajstić information content (AvgIpc) is 3.08. The largest absolute Gasteiger partial charge is 0.445 e. The van der Waals surface area contributed by atoms with Crippen LogP contribution >= 0.6 is 0 Å². The number of urea groups is 1. The maximum atomic E-state index is 13.9. The molecule has 0 saturated heterocycles. The summed E-state index contributed by atoms with van der Waals surface area (Å²) in [5.41, 5.74) is 8.21. The van der Waals surface area contributed by atoms with E-state index in [0.29, 0.717) is 12.8 Å². The molecule has 3 aromatic carbocycles. The third-order valence-corrected chi connectivity index (χ3v) is 8.08. The quantitative estimate of drug-likeness (QED) is 0.136. The fourth-order valence-corrected chi connectivity index (χ4v) is 5.37. The molecule has 0 aromatic heterocycles. The van der Waals surface area contributed by atoms with Crippen LogP contribution in [0.4, 0.5) is 9.59 Å². The van der Waals surface area contributed by atoms with Gasteiger partial charge in [0.1, 0.15) is 18.7 Å². The first-order chi connectivity index (χ1) is 23.4. The molecule has 6 N–H and O–H groups in total. The summed E-state index contributed by atoms with van der Waals surface area (Å²) in [5, 5.41) is 20.0. The zero-order valence-corrected chi connectivity index (χ0v) is 28.9. The van der Waals surface area contributed by atoms with Gasteiger partial charge in [0.15, 0.2) is 0 Å². The standard InChI is InChI=1S/C38H51N5O6/c1-26(2)22-32(36(46)42-34(27(3)4)35(39)45)40-37(47)43(21-20-28-14-8-5-9-15-28)24-33(44)31(23-29-16-10-6-11-17-29)41-38(48)49-25-30-18-12-7-13-19-30/h5-19,26-27,31-34,44H,20-25H2,1-4H3,(H2,39,45)(H,40,47)(H,41,48)(H,42,46)/t31-,32-,33+,34-/m0/s1. The number of nitrogens with zero attached hydrogens (tertiary/aromatic N) is 1. The highest BCUT2D eigenvalue weighted by Crippen LogP contribution is 2.13. The highest BCUT2D eigenvalue weighted by molar-refractivity contribution is 5.91. The molecular weight excluding hydrogens is 622 g/mol. The Hall–Kier alpha value is -4.90. The lowest BCUT2D eigenvalue weighted by Crippen LogP contribution is -2.58. The van der Waals surface area contributed by atoms with E-state index in [1.807, 2.05) is 105 Å². The fourth-order valence-electron chi connectivity index (χ4n) is 5.37. The normalized spacial score (nSPS) is 13.5. The van der Waals surface area contributed by atoms with Gasteiger partial charge in [-0.05, 0) is 47.8 Å². The summed E-state index contributed by atoms with van der Waals surface area (Å²) < 4.78 is 5.45. The molecule has 11 nitrogen and oxygen atoms in total. The number of aliphatic hydroxyl groups excluding tert-OH is 1. The first kappa shape index (κ1) is 38.5. The lowest BCUT2D eigenvalue weighted by Gasteiger charge is -2.32. The lowest BCUT2D eigenvalue weighted by molar-refractivity contribution is -0.129. The lowest BCUT2D eigenvalue weighted by atomic mass is 10.00. The summed E-state index contributed by atoms with van der Waals surface area (Å²) in [6.45, 7) is 7.52. The summed E-state index contributed by atoms with van der Waals surface area (Å²) in [7, 11) is 0. The van der Waals surface area contributed by atoms with Gasteiger partial charge in [-0.25, -0.2) is 9.59 Å². The van der Waals surface area contributed by atoms with Crippen molar-refractivity contribution >= 4 is 23.9 Å². The van der Waals surface area contributed by atoms with Gasteiger partial charge in [-0.1, -0.05) is 119 Å². The van der Waals surface area contributed by atoms with Crippen molar-refractivity contribution in [3.63, 3.8) is 0 Å². The van der Waals surface area contributed by atoms with Gasteiger partial charge in [0.05, 0.1) is 18.7 Å². The Morgan fingerprint density at radius 2 is 1.33 bits per heavy atom. The molecule has 0 saturated carbocycles. The summed E-state index contributed by atoms with van der Waals surface area (Å²) in [6.07, 6.45) is -0.842. The summed E-state index contributed by atoms with van der Waals surface area (Å²) in [5.74, 6) is -1.40. The van der Waals surface area contributed by atoms with E-state index < -0.39 is 48.2 Å². The Labute approximate surface area is 289 Å². The highest BCUT2D eigenvalue weighted by atomic mass is 16.5. The second-order valence-corrected chi connectivity index (χ2v) is 13.0. The van der Waals surface area contributed by atoms with E-state index in [-0.39, 0.29) is 38.0 Å². The van der Waals surface area contributed by atoms with Crippen LogP contribution in [0.5, 0.6) is 0 Å². The molecule has 0 fully saturated rings. The number of amides is 5. The van der Waals surface area contributed by atoms with Crippen LogP contribution in [0.15, 0.2) is 91.0 Å². The number of benzene rings is 3. The van der Waals surface area contributed by atoms with Crippen molar-refractivity contribution in [2.24, 2.45) is 17.6 Å². The molecule has 3 rings (SSSR count). The molecule has 0 unspecified atom stereocenters. The van der Waals surface area contributed by atoms with Crippen LogP contribution in [0.3, 0.4) is 0 Å². The van der Waals surface area contributed by atoms with Crippen LogP contribution < -0.4 is 21.7 Å². The Morgan fingerprint density at radius 1 is 0.776 bits per heavy atom. The minimum absolute atomic E-state index is 0.0341. The molecule has 3 aromatic rings. The number of alkyl carbamates (subject to hydrolysis) is 1. The number of carbonyl (C=O) groups excluding carboxylic acids is 4. The number of primary amides is 1. The van der Waals surface area contributed by atoms with E-state index >= 15 is 0 Å². The van der Waals surface area contributed by atoms with Crippen LogP contribution in [-0.4, -0.2) is 71.3 Å². The minimum Gasteiger partial charge on any atom is -0.445 e. The van der Waals surface area contributed by atoms with E-state index in [4.69, 9.17) is 10.5 Å². The third-order valence-electron chi connectivity index (χ3n) is 8.08. The molecule has 11 heteroatoms. The molecule has 0 aliphatic carbocycles. The molecule has 0 aliphatic heterocycles. The summed E-state index contributed by atoms with van der Waals surface area (Å²) in [6, 6.07) is 25.0. The van der Waals surface area contributed by atoms with E-state index in [1.54, 1.807) is 13.8 Å². The van der Waals surface area contributed by atoms with Gasteiger partial charge in [-0.2, -0.15) is 0 Å². The van der Waals surface area contributed by atoms with Crippen molar-refractivity contribution in [2.75, 3.05) is 13.1 Å². The summed E-state index contributed by atoms with van der Waals surface area (Å²) >= 11 is 0. The molecule has 5 amide bonds. The van der Waals surface area contributed by atoms with E-state index in [0.717, 1.165) is 16.7 Å². The number of hydrogen-bond acceptors (Lipinski definition) is 6. The molecular formula is C38H51N5O6. The molecule has 0 aliphatic rings. The number of ether oxygens (including phenoxy) is 1. The van der Waals surface area contributed by atoms with E-state index in [9.17, 15) is 24.3 Å². The van der Waals surface area contributed by atoms with Crippen molar-refractivity contribution in [3.8, 4) is 0 Å². The maximum Gasteiger partial charge on any atom is 0.407 e. The molecule has 49 heavy (non-hydrogen) atoms. The monoisotopic (exact) mass is 673 g/mol. The first-order valence-electron chi connectivity index (χ1n) is 16.8. The van der Waals surface area contributed by atoms with Crippen LogP contribution in [0.1, 0.15) is 50.8 Å². The molecule has 0 spiro atoms. The number of carbonyl (C=O) groups is 4. The smallest absolute Gasteiger partial charge is 0.407 e. The number of nitrogens with one attached hydrogen (secondary N) is 3. The number of rotatable bonds is 18. The zero-order valence-electron chi connectivity index (χ0n) is 28.9. The van der Waals surface area contributed by atoms with Crippen LogP contribution in [-0.2, 0) is 33.8 Å². The Kier molecular flexibility index (Phi) is 15.6. The first-order valence-corrected chi connectivity index (χ1v) is 16.8. The maximum absolute atomic E-state index is 13.9. The number of aliphatic hydroxyl groups is 1. The van der Waals surface area contributed by atoms with Crippen molar-refractivity contribution in [2.45, 2.75) is 77.8 Å². The number of hydrogen-bond donors (Lipinski definition) is 5. The molecule has 0 radical (unpaired) electrons. The Balaban J connectivity index is 1.82. The van der Waals surface area contributed by atoms with Gasteiger partial charge in [-0.3, -0.25) is 9.59 Å². The van der Waals surface area contributed by atoms with Gasteiger partial charge in [0, 0.05) is 6.54 Å². The van der Waals surface area contributed by atoms with Gasteiger partial charge in [-0.15, -0.1) is 0 Å². The predicted molar refractivity (Wildman–Crippen MR) is 189 cm³/mol. The van der Waals surface area contributed by atoms with E-state index in [1.165, 1.54) is 4.90 Å². The Morgan fingerprint density at radius 3 is 1.86 bits per heavy atom. The van der Waals surface area contributed by atoms with Crippen LogP contribution in [0, 0.1) is 11.8 Å². The second-order valence-electron chi connectivity index (χ2n) is 13.0. The van der Waals surface area contributed by atoms with Crippen molar-refractivity contribution in [1.29, 1.82) is 0 Å². The molecule has 264 valence electrons. The second kappa shape index (κ2) is 19.8. The van der Waals surface area contributed by atoms with Crippen molar-refractivity contribution in [3.05, 3.63) is 108 Å². The molecule has 0 heterocycles. The van der Waals surface area contributed by atoms with Gasteiger partial charge >= 0.3 is 12.1 Å². The van der Waals surface area contributed by atoms with E-state index in [2.05, 4.69) is 16.0 Å². The van der Waals surface area contributed by atoms with Gasteiger partial charge < -0.3 is 36.4 Å². The molecule has 4 atom stereocenters. The van der Waals surface area contributed by atoms with Gasteiger partial charge in [0.25, 0.3) is 0 Å². The third kappa shape index (κ3) is 13.6.